The number of methoxy groups -OCH3 is 1. The third-order valence-electron chi connectivity index (χ3n) is 4.87. The van der Waals surface area contributed by atoms with E-state index in [4.69, 9.17) is 9.72 Å². The third-order valence-corrected chi connectivity index (χ3v) is 4.87. The average molecular weight is 375 g/mol. The van der Waals surface area contributed by atoms with Crippen LogP contribution in [-0.4, -0.2) is 29.2 Å². The molecule has 148 valence electrons. The van der Waals surface area contributed by atoms with Gasteiger partial charge in [0.1, 0.15) is 6.04 Å². The van der Waals surface area contributed by atoms with Crippen LogP contribution in [0, 0.1) is 0 Å². The summed E-state index contributed by atoms with van der Waals surface area (Å²) in [7, 11) is 1.38. The number of fused-ring (bicyclic) bond motifs is 1. The molecular formula is C21H32N3O3+. The molecule has 0 bridgehead atoms. The highest BCUT2D eigenvalue weighted by molar-refractivity contribution is 5.77. The number of aromatic nitrogens is 2. The van der Waals surface area contributed by atoms with Gasteiger partial charge in [0.2, 0.25) is 0 Å². The quantitative estimate of drug-likeness (QED) is 0.484. The van der Waals surface area contributed by atoms with Gasteiger partial charge in [0.25, 0.3) is 5.56 Å². The first-order valence-corrected chi connectivity index (χ1v) is 9.98. The second-order valence-electron chi connectivity index (χ2n) is 7.00. The number of hydrogen-bond acceptors (Lipinski definition) is 4. The highest BCUT2D eigenvalue weighted by Gasteiger charge is 2.18. The number of carbonyl (C=O) groups is 1. The molecule has 1 aromatic carbocycles. The summed E-state index contributed by atoms with van der Waals surface area (Å²) in [4.78, 5) is 29.2. The van der Waals surface area contributed by atoms with E-state index in [1.807, 2.05) is 24.3 Å². The van der Waals surface area contributed by atoms with Gasteiger partial charge in [-0.05, 0) is 38.3 Å². The summed E-state index contributed by atoms with van der Waals surface area (Å²) in [5, 5.41) is 2.87. The Morgan fingerprint density at radius 1 is 1.22 bits per heavy atom. The Kier molecular flexibility index (Phi) is 8.45. The van der Waals surface area contributed by atoms with Crippen molar-refractivity contribution in [3.05, 3.63) is 40.4 Å². The number of benzene rings is 1. The van der Waals surface area contributed by atoms with Crippen LogP contribution < -0.4 is 10.9 Å². The molecule has 0 aliphatic rings. The molecule has 2 N–H and O–H groups in total. The van der Waals surface area contributed by atoms with Crippen LogP contribution in [0.5, 0.6) is 0 Å². The second-order valence-corrected chi connectivity index (χ2v) is 7.00. The minimum atomic E-state index is -0.256. The van der Waals surface area contributed by atoms with E-state index in [2.05, 4.69) is 19.2 Å². The first-order valence-electron chi connectivity index (χ1n) is 9.98. The fraction of sp³-hybridized carbons (Fsp3) is 0.571. The molecule has 2 aromatic rings. The van der Waals surface area contributed by atoms with E-state index in [-0.39, 0.29) is 17.6 Å². The van der Waals surface area contributed by atoms with Crippen molar-refractivity contribution >= 4 is 16.9 Å². The lowest BCUT2D eigenvalue weighted by atomic mass is 10.2. The number of ether oxygens (including phenoxy) is 1. The topological polar surface area (TPSA) is 77.8 Å². The van der Waals surface area contributed by atoms with Crippen LogP contribution >= 0.6 is 0 Å². The summed E-state index contributed by atoms with van der Waals surface area (Å²) >= 11 is 0. The highest BCUT2D eigenvalue weighted by Crippen LogP contribution is 2.12. The molecule has 1 aromatic heterocycles. The van der Waals surface area contributed by atoms with Gasteiger partial charge in [0.15, 0.2) is 5.82 Å². The fourth-order valence-corrected chi connectivity index (χ4v) is 3.28. The van der Waals surface area contributed by atoms with Gasteiger partial charge in [-0.3, -0.25) is 14.2 Å². The molecule has 6 heteroatoms. The van der Waals surface area contributed by atoms with Crippen molar-refractivity contribution in [3.63, 3.8) is 0 Å². The molecule has 27 heavy (non-hydrogen) atoms. The zero-order valence-corrected chi connectivity index (χ0v) is 16.7. The lowest BCUT2D eigenvalue weighted by Gasteiger charge is -2.17. The van der Waals surface area contributed by atoms with E-state index in [1.165, 1.54) is 32.8 Å². The SMILES string of the molecule is CCCCCC[NH2+][C@@H](C)c1nc2ccccc2c(=O)n1CCCC(=O)OC. The molecular weight excluding hydrogens is 342 g/mol. The number of para-hydroxylation sites is 1. The van der Waals surface area contributed by atoms with Crippen molar-refractivity contribution in [3.8, 4) is 0 Å². The van der Waals surface area contributed by atoms with Crippen LogP contribution in [0.3, 0.4) is 0 Å². The summed E-state index contributed by atoms with van der Waals surface area (Å²) in [5.74, 6) is 0.521. The minimum Gasteiger partial charge on any atom is -0.469 e. The molecule has 1 heterocycles. The first kappa shape index (κ1) is 21.1. The van der Waals surface area contributed by atoms with E-state index in [0.29, 0.717) is 24.8 Å². The number of esters is 1. The molecule has 0 radical (unpaired) electrons. The molecule has 0 spiro atoms. The van der Waals surface area contributed by atoms with Gasteiger partial charge in [-0.1, -0.05) is 31.9 Å². The van der Waals surface area contributed by atoms with Crippen molar-refractivity contribution < 1.29 is 14.8 Å². The van der Waals surface area contributed by atoms with Crippen LogP contribution in [0.15, 0.2) is 29.1 Å². The Hall–Kier alpha value is -2.21. The Balaban J connectivity index is 2.21. The highest BCUT2D eigenvalue weighted by atomic mass is 16.5. The monoisotopic (exact) mass is 374 g/mol. The maximum absolute atomic E-state index is 13.0. The van der Waals surface area contributed by atoms with Crippen molar-refractivity contribution in [1.82, 2.24) is 9.55 Å². The van der Waals surface area contributed by atoms with Gasteiger partial charge in [0, 0.05) is 13.0 Å². The van der Waals surface area contributed by atoms with Crippen LogP contribution in [0.4, 0.5) is 0 Å². The van der Waals surface area contributed by atoms with Crippen LogP contribution in [0.25, 0.3) is 10.9 Å². The summed E-state index contributed by atoms with van der Waals surface area (Å²) in [6, 6.07) is 7.53. The van der Waals surface area contributed by atoms with Gasteiger partial charge in [0.05, 0.1) is 24.6 Å². The molecule has 2 rings (SSSR count). The summed E-state index contributed by atoms with van der Waals surface area (Å²) in [6.45, 7) is 5.78. The zero-order valence-electron chi connectivity index (χ0n) is 16.7. The van der Waals surface area contributed by atoms with E-state index < -0.39 is 0 Å². The molecule has 0 saturated heterocycles. The predicted molar refractivity (Wildman–Crippen MR) is 107 cm³/mol. The summed E-state index contributed by atoms with van der Waals surface area (Å²) in [6.07, 6.45) is 5.73. The van der Waals surface area contributed by atoms with Crippen molar-refractivity contribution in [2.24, 2.45) is 0 Å². The average Bonchev–Trinajstić information content (AvgIpc) is 2.69. The Morgan fingerprint density at radius 3 is 2.74 bits per heavy atom. The molecule has 1 atom stereocenters. The molecule has 0 amide bonds. The maximum atomic E-state index is 13.0. The summed E-state index contributed by atoms with van der Waals surface area (Å²) in [5.41, 5.74) is 0.694. The van der Waals surface area contributed by atoms with Gasteiger partial charge >= 0.3 is 5.97 Å². The Labute approximate surface area is 160 Å². The summed E-state index contributed by atoms with van der Waals surface area (Å²) < 4.78 is 6.44. The van der Waals surface area contributed by atoms with Gasteiger partial charge < -0.3 is 10.1 Å². The number of carbonyl (C=O) groups excluding carboxylic acids is 1. The minimum absolute atomic E-state index is 0.0355. The smallest absolute Gasteiger partial charge is 0.305 e. The lowest BCUT2D eigenvalue weighted by Crippen LogP contribution is -2.85. The van der Waals surface area contributed by atoms with E-state index in [0.717, 1.165) is 17.9 Å². The Morgan fingerprint density at radius 2 is 2.00 bits per heavy atom. The van der Waals surface area contributed by atoms with Crippen molar-refractivity contribution in [2.75, 3.05) is 13.7 Å². The van der Waals surface area contributed by atoms with Crippen LogP contribution in [0.1, 0.15) is 64.2 Å². The number of hydrogen-bond donors (Lipinski definition) is 1. The van der Waals surface area contributed by atoms with E-state index in [9.17, 15) is 9.59 Å². The van der Waals surface area contributed by atoms with Crippen LogP contribution in [0.2, 0.25) is 0 Å². The number of rotatable bonds is 11. The molecule has 0 aliphatic carbocycles. The standard InChI is InChI=1S/C21H31N3O3/c1-4-5-6-9-14-22-16(2)20-23-18-12-8-7-11-17(18)21(26)24(20)15-10-13-19(25)27-3/h7-8,11-12,16,22H,4-6,9-10,13-15H2,1-3H3/p+1/t16-/m0/s1. The molecule has 0 fully saturated rings. The third kappa shape index (κ3) is 5.89. The molecule has 0 saturated carbocycles. The number of nitrogens with two attached hydrogens (primary N) is 1. The van der Waals surface area contributed by atoms with E-state index in [1.54, 1.807) is 4.57 Å². The van der Waals surface area contributed by atoms with Gasteiger partial charge in [-0.25, -0.2) is 4.98 Å². The lowest BCUT2D eigenvalue weighted by molar-refractivity contribution is -0.694. The molecule has 0 aliphatic heterocycles. The molecule has 0 unspecified atom stereocenters. The fourth-order valence-electron chi connectivity index (χ4n) is 3.28. The maximum Gasteiger partial charge on any atom is 0.305 e. The number of nitrogens with zero attached hydrogens (tertiary/aromatic N) is 2. The number of quaternary nitrogens is 1. The van der Waals surface area contributed by atoms with Crippen LogP contribution in [-0.2, 0) is 16.1 Å². The first-order chi connectivity index (χ1) is 13.1. The normalized spacial score (nSPS) is 12.3. The van der Waals surface area contributed by atoms with Crippen molar-refractivity contribution in [1.29, 1.82) is 0 Å². The Bertz CT molecular complexity index is 801. The largest absolute Gasteiger partial charge is 0.469 e. The van der Waals surface area contributed by atoms with Crippen molar-refractivity contribution in [2.45, 2.75) is 65.0 Å². The van der Waals surface area contributed by atoms with Gasteiger partial charge in [-0.15, -0.1) is 0 Å². The number of unbranched alkanes of at least 4 members (excludes halogenated alkanes) is 3. The zero-order chi connectivity index (χ0) is 19.6. The van der Waals surface area contributed by atoms with Gasteiger partial charge in [-0.2, -0.15) is 0 Å². The van der Waals surface area contributed by atoms with E-state index >= 15 is 0 Å². The second kappa shape index (κ2) is 10.8. The molecule has 6 nitrogen and oxygen atoms in total. The predicted octanol–water partition coefficient (Wildman–Crippen LogP) is 2.55.